The third-order valence-corrected chi connectivity index (χ3v) is 3.36. The Bertz CT molecular complexity index is 442. The van der Waals surface area contributed by atoms with E-state index in [0.717, 1.165) is 37.2 Å². The number of rotatable bonds is 3. The van der Waals surface area contributed by atoms with Crippen molar-refractivity contribution in [2.24, 2.45) is 0 Å². The normalized spacial score (nSPS) is 17.7. The van der Waals surface area contributed by atoms with Gasteiger partial charge in [-0.3, -0.25) is 0 Å². The molecular weight excluding hydrogens is 232 g/mol. The van der Waals surface area contributed by atoms with Crippen molar-refractivity contribution in [3.05, 3.63) is 27.9 Å². The van der Waals surface area contributed by atoms with Gasteiger partial charge in [0.05, 0.1) is 5.69 Å². The van der Waals surface area contributed by atoms with Crippen LogP contribution in [-0.2, 0) is 0 Å². The van der Waals surface area contributed by atoms with Gasteiger partial charge in [0.2, 0.25) is 0 Å². The van der Waals surface area contributed by atoms with Crippen molar-refractivity contribution < 1.29 is 4.92 Å². The predicted molar refractivity (Wildman–Crippen MR) is 69.8 cm³/mol. The Morgan fingerprint density at radius 2 is 2.17 bits per heavy atom. The van der Waals surface area contributed by atoms with Gasteiger partial charge < -0.3 is 20.3 Å². The Morgan fingerprint density at radius 1 is 1.50 bits per heavy atom. The number of nitrogens with one attached hydrogen (secondary N) is 1. The van der Waals surface area contributed by atoms with Gasteiger partial charge in [-0.15, -0.1) is 0 Å². The highest BCUT2D eigenvalue weighted by Gasteiger charge is 2.18. The molecule has 1 aliphatic heterocycles. The Morgan fingerprint density at radius 3 is 2.72 bits per heavy atom. The van der Waals surface area contributed by atoms with E-state index in [9.17, 15) is 10.1 Å². The average molecular weight is 250 g/mol. The maximum absolute atomic E-state index is 10.6. The first-order chi connectivity index (χ1) is 8.56. The van der Waals surface area contributed by atoms with Crippen LogP contribution in [0.5, 0.6) is 0 Å². The Labute approximate surface area is 106 Å². The van der Waals surface area contributed by atoms with Crippen LogP contribution in [-0.4, -0.2) is 41.0 Å². The summed E-state index contributed by atoms with van der Waals surface area (Å²) in [5.41, 5.74) is 1.77. The summed E-state index contributed by atoms with van der Waals surface area (Å²) >= 11 is 0. The first-order valence-corrected chi connectivity index (χ1v) is 6.12. The number of aromatic nitrogens is 1. The third kappa shape index (κ3) is 2.95. The van der Waals surface area contributed by atoms with Gasteiger partial charge >= 0.3 is 5.82 Å². The van der Waals surface area contributed by atoms with Crippen LogP contribution < -0.4 is 5.32 Å². The second-order valence-electron chi connectivity index (χ2n) is 4.84. The zero-order valence-corrected chi connectivity index (χ0v) is 10.7. The number of hydrogen-bond donors (Lipinski definition) is 1. The summed E-state index contributed by atoms with van der Waals surface area (Å²) in [6.07, 6.45) is 3.74. The summed E-state index contributed by atoms with van der Waals surface area (Å²) in [5, 5.41) is 14.0. The molecule has 0 spiro atoms. The van der Waals surface area contributed by atoms with Gasteiger partial charge in [0.25, 0.3) is 0 Å². The lowest BCUT2D eigenvalue weighted by atomic mass is 10.0. The molecule has 1 aromatic heterocycles. The summed E-state index contributed by atoms with van der Waals surface area (Å²) in [4.78, 5) is 16.3. The average Bonchev–Trinajstić information content (AvgIpc) is 2.34. The molecule has 0 bridgehead atoms. The molecular formula is C12H18N4O2. The molecule has 0 saturated carbocycles. The third-order valence-electron chi connectivity index (χ3n) is 3.36. The molecule has 0 atom stereocenters. The first-order valence-electron chi connectivity index (χ1n) is 6.12. The molecule has 1 aliphatic rings. The smallest absolute Gasteiger partial charge is 0.363 e. The molecule has 6 heteroatoms. The topological polar surface area (TPSA) is 71.3 Å². The standard InChI is InChI=1S/C12H18N4O2/c1-9-7-12(16(17)18)13-8-11(9)14-10-3-5-15(2)6-4-10/h7-8,10,14H,3-6H2,1-2H3. The largest absolute Gasteiger partial charge is 0.379 e. The molecule has 98 valence electrons. The zero-order chi connectivity index (χ0) is 13.1. The molecule has 1 aromatic rings. The Kier molecular flexibility index (Phi) is 3.76. The van der Waals surface area contributed by atoms with E-state index in [4.69, 9.17) is 0 Å². The van der Waals surface area contributed by atoms with E-state index in [-0.39, 0.29) is 5.82 Å². The van der Waals surface area contributed by atoms with E-state index >= 15 is 0 Å². The van der Waals surface area contributed by atoms with Crippen LogP contribution >= 0.6 is 0 Å². The fourth-order valence-electron chi connectivity index (χ4n) is 2.16. The maximum Gasteiger partial charge on any atom is 0.363 e. The summed E-state index contributed by atoms with van der Waals surface area (Å²) in [5.74, 6) is -0.0959. The summed E-state index contributed by atoms with van der Waals surface area (Å²) in [7, 11) is 2.12. The lowest BCUT2D eigenvalue weighted by Gasteiger charge is -2.30. The SMILES string of the molecule is Cc1cc([N+](=O)[O-])ncc1NC1CCN(C)CC1. The number of anilines is 1. The van der Waals surface area contributed by atoms with E-state index in [1.54, 1.807) is 6.20 Å². The molecule has 6 nitrogen and oxygen atoms in total. The van der Waals surface area contributed by atoms with E-state index < -0.39 is 4.92 Å². The molecule has 2 heterocycles. The molecule has 0 aliphatic carbocycles. The van der Waals surface area contributed by atoms with Crippen LogP contribution in [0.25, 0.3) is 0 Å². The van der Waals surface area contributed by atoms with Crippen molar-refractivity contribution in [2.75, 3.05) is 25.5 Å². The van der Waals surface area contributed by atoms with E-state index in [2.05, 4.69) is 22.2 Å². The molecule has 18 heavy (non-hydrogen) atoms. The van der Waals surface area contributed by atoms with Crippen LogP contribution in [0.15, 0.2) is 12.3 Å². The Hall–Kier alpha value is -1.69. The number of nitrogens with zero attached hydrogens (tertiary/aromatic N) is 3. The minimum atomic E-state index is -0.466. The van der Waals surface area contributed by atoms with Crippen molar-refractivity contribution in [2.45, 2.75) is 25.8 Å². The number of likely N-dealkylation sites (tertiary alicyclic amines) is 1. The van der Waals surface area contributed by atoms with Gasteiger partial charge in [-0.25, -0.2) is 0 Å². The predicted octanol–water partition coefficient (Wildman–Crippen LogP) is 1.80. The minimum absolute atomic E-state index is 0.0959. The molecule has 0 amide bonds. The monoisotopic (exact) mass is 250 g/mol. The molecule has 1 N–H and O–H groups in total. The minimum Gasteiger partial charge on any atom is -0.379 e. The lowest BCUT2D eigenvalue weighted by molar-refractivity contribution is -0.389. The molecule has 0 radical (unpaired) electrons. The zero-order valence-electron chi connectivity index (χ0n) is 10.7. The van der Waals surface area contributed by atoms with Gasteiger partial charge in [-0.2, -0.15) is 0 Å². The number of hydrogen-bond acceptors (Lipinski definition) is 5. The van der Waals surface area contributed by atoms with Crippen LogP contribution in [0.2, 0.25) is 0 Å². The van der Waals surface area contributed by atoms with Crippen LogP contribution in [0.3, 0.4) is 0 Å². The summed E-state index contributed by atoms with van der Waals surface area (Å²) in [6, 6.07) is 1.94. The number of piperidine rings is 1. The Balaban J connectivity index is 2.03. The van der Waals surface area contributed by atoms with Crippen LogP contribution in [0.4, 0.5) is 11.5 Å². The molecule has 0 aromatic carbocycles. The highest BCUT2D eigenvalue weighted by atomic mass is 16.6. The van der Waals surface area contributed by atoms with Crippen LogP contribution in [0.1, 0.15) is 18.4 Å². The summed E-state index contributed by atoms with van der Waals surface area (Å²) in [6.45, 7) is 4.03. The van der Waals surface area contributed by atoms with Gasteiger partial charge in [0.1, 0.15) is 0 Å². The second-order valence-corrected chi connectivity index (χ2v) is 4.84. The number of aryl methyl sites for hydroxylation is 1. The van der Waals surface area contributed by atoms with Gasteiger partial charge in [0.15, 0.2) is 6.20 Å². The van der Waals surface area contributed by atoms with Crippen molar-refractivity contribution in [1.82, 2.24) is 9.88 Å². The second kappa shape index (κ2) is 5.30. The van der Waals surface area contributed by atoms with Crippen LogP contribution in [0, 0.1) is 17.0 Å². The number of nitro groups is 1. The lowest BCUT2D eigenvalue weighted by Crippen LogP contribution is -2.36. The molecule has 0 unspecified atom stereocenters. The van der Waals surface area contributed by atoms with E-state index in [1.807, 2.05) is 6.92 Å². The van der Waals surface area contributed by atoms with E-state index in [1.165, 1.54) is 6.07 Å². The number of pyridine rings is 1. The van der Waals surface area contributed by atoms with E-state index in [0.29, 0.717) is 6.04 Å². The highest BCUT2D eigenvalue weighted by molar-refractivity contribution is 5.52. The van der Waals surface area contributed by atoms with Gasteiger partial charge in [0, 0.05) is 12.1 Å². The van der Waals surface area contributed by atoms with Crippen molar-refractivity contribution in [3.8, 4) is 0 Å². The highest BCUT2D eigenvalue weighted by Crippen LogP contribution is 2.21. The van der Waals surface area contributed by atoms with Gasteiger partial charge in [-0.1, -0.05) is 0 Å². The molecule has 1 saturated heterocycles. The first kappa shape index (κ1) is 12.8. The molecule has 2 rings (SSSR count). The van der Waals surface area contributed by atoms with Crippen molar-refractivity contribution in [1.29, 1.82) is 0 Å². The van der Waals surface area contributed by atoms with Gasteiger partial charge in [-0.05, 0) is 55.4 Å². The maximum atomic E-state index is 10.6. The fourth-order valence-corrected chi connectivity index (χ4v) is 2.16. The summed E-state index contributed by atoms with van der Waals surface area (Å²) < 4.78 is 0. The fraction of sp³-hybridized carbons (Fsp3) is 0.583. The van der Waals surface area contributed by atoms with Crippen molar-refractivity contribution in [3.63, 3.8) is 0 Å². The van der Waals surface area contributed by atoms with Crippen molar-refractivity contribution >= 4 is 11.5 Å². The molecule has 1 fully saturated rings. The quantitative estimate of drug-likeness (QED) is 0.654.